The zero-order valence-electron chi connectivity index (χ0n) is 15.3. The standard InChI is InChI=1S/C22H21NO4/c1-15(22(25)23-18-10-12-19(26-2)13-11-18)27-21(24)14-17-8-5-7-16-6-3-4-9-20(16)17/h3-13,15H,14H2,1-2H3,(H,23,25). The largest absolute Gasteiger partial charge is 0.497 e. The number of nitrogens with one attached hydrogen (secondary N) is 1. The summed E-state index contributed by atoms with van der Waals surface area (Å²) in [7, 11) is 1.57. The van der Waals surface area contributed by atoms with Crippen molar-refractivity contribution in [3.8, 4) is 5.75 Å². The van der Waals surface area contributed by atoms with Crippen molar-refractivity contribution in [2.75, 3.05) is 12.4 Å². The zero-order chi connectivity index (χ0) is 19.2. The molecule has 0 aromatic heterocycles. The topological polar surface area (TPSA) is 64.6 Å². The Morgan fingerprint density at radius 3 is 2.41 bits per heavy atom. The van der Waals surface area contributed by atoms with Crippen LogP contribution in [0, 0.1) is 0 Å². The van der Waals surface area contributed by atoms with Crippen molar-refractivity contribution in [2.45, 2.75) is 19.4 Å². The fourth-order valence-electron chi connectivity index (χ4n) is 2.81. The molecule has 0 saturated heterocycles. The van der Waals surface area contributed by atoms with E-state index in [0.717, 1.165) is 16.3 Å². The van der Waals surface area contributed by atoms with Crippen molar-refractivity contribution in [3.63, 3.8) is 0 Å². The maximum absolute atomic E-state index is 12.3. The number of methoxy groups -OCH3 is 1. The van der Waals surface area contributed by atoms with Gasteiger partial charge in [0.05, 0.1) is 13.5 Å². The predicted octanol–water partition coefficient (Wildman–Crippen LogP) is 3.96. The van der Waals surface area contributed by atoms with Gasteiger partial charge in [-0.2, -0.15) is 0 Å². The van der Waals surface area contributed by atoms with Gasteiger partial charge in [-0.3, -0.25) is 9.59 Å². The Hall–Kier alpha value is -3.34. The molecule has 0 heterocycles. The molecule has 0 aliphatic carbocycles. The summed E-state index contributed by atoms with van der Waals surface area (Å²) in [5, 5.41) is 4.79. The summed E-state index contributed by atoms with van der Waals surface area (Å²) in [5.41, 5.74) is 1.48. The highest BCUT2D eigenvalue weighted by atomic mass is 16.5. The van der Waals surface area contributed by atoms with E-state index in [9.17, 15) is 9.59 Å². The van der Waals surface area contributed by atoms with Crippen LogP contribution in [-0.4, -0.2) is 25.1 Å². The third kappa shape index (κ3) is 4.64. The van der Waals surface area contributed by atoms with Gasteiger partial charge in [-0.1, -0.05) is 42.5 Å². The lowest BCUT2D eigenvalue weighted by atomic mass is 10.0. The summed E-state index contributed by atoms with van der Waals surface area (Å²) in [6.07, 6.45) is -0.781. The molecular weight excluding hydrogens is 342 g/mol. The normalized spacial score (nSPS) is 11.6. The highest BCUT2D eigenvalue weighted by Crippen LogP contribution is 2.19. The van der Waals surface area contributed by atoms with Gasteiger partial charge in [-0.15, -0.1) is 0 Å². The second-order valence-electron chi connectivity index (χ2n) is 6.16. The van der Waals surface area contributed by atoms with E-state index < -0.39 is 12.1 Å². The van der Waals surface area contributed by atoms with Crippen LogP contribution in [0.5, 0.6) is 5.75 Å². The third-order valence-electron chi connectivity index (χ3n) is 4.25. The molecule has 138 valence electrons. The van der Waals surface area contributed by atoms with Crippen molar-refractivity contribution in [2.24, 2.45) is 0 Å². The lowest BCUT2D eigenvalue weighted by Crippen LogP contribution is -2.30. The second-order valence-corrected chi connectivity index (χ2v) is 6.16. The Bertz CT molecular complexity index is 945. The van der Waals surface area contributed by atoms with Crippen LogP contribution < -0.4 is 10.1 Å². The number of esters is 1. The quantitative estimate of drug-likeness (QED) is 0.673. The van der Waals surface area contributed by atoms with E-state index >= 15 is 0 Å². The molecule has 3 rings (SSSR count). The molecule has 5 heteroatoms. The van der Waals surface area contributed by atoms with Crippen LogP contribution in [0.15, 0.2) is 66.7 Å². The Morgan fingerprint density at radius 1 is 0.963 bits per heavy atom. The first-order valence-corrected chi connectivity index (χ1v) is 8.68. The van der Waals surface area contributed by atoms with Crippen molar-refractivity contribution in [1.82, 2.24) is 0 Å². The summed E-state index contributed by atoms with van der Waals surface area (Å²) >= 11 is 0. The van der Waals surface area contributed by atoms with Crippen molar-refractivity contribution >= 4 is 28.3 Å². The van der Waals surface area contributed by atoms with Crippen LogP contribution in [0.4, 0.5) is 5.69 Å². The number of rotatable bonds is 6. The molecule has 0 aliphatic heterocycles. The summed E-state index contributed by atoms with van der Waals surface area (Å²) in [6, 6.07) is 20.6. The monoisotopic (exact) mass is 363 g/mol. The van der Waals surface area contributed by atoms with Gasteiger partial charge in [0.2, 0.25) is 0 Å². The van der Waals surface area contributed by atoms with Gasteiger partial charge in [0.25, 0.3) is 5.91 Å². The molecule has 0 radical (unpaired) electrons. The van der Waals surface area contributed by atoms with E-state index in [1.807, 2.05) is 42.5 Å². The smallest absolute Gasteiger partial charge is 0.311 e. The van der Waals surface area contributed by atoms with Crippen LogP contribution in [0.3, 0.4) is 0 Å². The van der Waals surface area contributed by atoms with E-state index in [4.69, 9.17) is 9.47 Å². The lowest BCUT2D eigenvalue weighted by molar-refractivity contribution is -0.152. The van der Waals surface area contributed by atoms with Crippen LogP contribution in [0.25, 0.3) is 10.8 Å². The molecule has 3 aromatic carbocycles. The molecular formula is C22H21NO4. The number of benzene rings is 3. The first-order valence-electron chi connectivity index (χ1n) is 8.68. The van der Waals surface area contributed by atoms with Crippen molar-refractivity contribution in [1.29, 1.82) is 0 Å². The molecule has 3 aromatic rings. The minimum atomic E-state index is -0.894. The fourth-order valence-corrected chi connectivity index (χ4v) is 2.81. The molecule has 5 nitrogen and oxygen atoms in total. The molecule has 1 amide bonds. The minimum Gasteiger partial charge on any atom is -0.497 e. The van der Waals surface area contributed by atoms with Gasteiger partial charge >= 0.3 is 5.97 Å². The van der Waals surface area contributed by atoms with Gasteiger partial charge in [0.15, 0.2) is 6.10 Å². The number of carbonyl (C=O) groups excluding carboxylic acids is 2. The van der Waals surface area contributed by atoms with Gasteiger partial charge < -0.3 is 14.8 Å². The number of anilines is 1. The lowest BCUT2D eigenvalue weighted by Gasteiger charge is -2.14. The highest BCUT2D eigenvalue weighted by Gasteiger charge is 2.18. The molecule has 0 fully saturated rings. The number of fused-ring (bicyclic) bond motifs is 1. The van der Waals surface area contributed by atoms with Crippen LogP contribution in [0.1, 0.15) is 12.5 Å². The van der Waals surface area contributed by atoms with Gasteiger partial charge in [0, 0.05) is 5.69 Å². The molecule has 1 atom stereocenters. The van der Waals surface area contributed by atoms with E-state index in [0.29, 0.717) is 11.4 Å². The number of carbonyl (C=O) groups is 2. The number of amides is 1. The molecule has 27 heavy (non-hydrogen) atoms. The maximum Gasteiger partial charge on any atom is 0.311 e. The first-order chi connectivity index (χ1) is 13.1. The number of ether oxygens (including phenoxy) is 2. The molecule has 0 aliphatic rings. The van der Waals surface area contributed by atoms with Crippen molar-refractivity contribution < 1.29 is 19.1 Å². The van der Waals surface area contributed by atoms with Gasteiger partial charge in [-0.25, -0.2) is 0 Å². The third-order valence-corrected chi connectivity index (χ3v) is 4.25. The highest BCUT2D eigenvalue weighted by molar-refractivity contribution is 5.95. The minimum absolute atomic E-state index is 0.113. The Labute approximate surface area is 157 Å². The number of hydrogen-bond donors (Lipinski definition) is 1. The average Bonchev–Trinajstić information content (AvgIpc) is 2.68. The Kier molecular flexibility index (Phi) is 5.71. The number of hydrogen-bond acceptors (Lipinski definition) is 4. The zero-order valence-corrected chi connectivity index (χ0v) is 15.3. The van der Waals surface area contributed by atoms with E-state index in [1.54, 1.807) is 38.3 Å². The SMILES string of the molecule is COc1ccc(NC(=O)C(C)OC(=O)Cc2cccc3ccccc23)cc1. The van der Waals surface area contributed by atoms with Crippen molar-refractivity contribution in [3.05, 3.63) is 72.3 Å². The van der Waals surface area contributed by atoms with Crippen LogP contribution in [-0.2, 0) is 20.7 Å². The van der Waals surface area contributed by atoms with E-state index in [2.05, 4.69) is 5.32 Å². The molecule has 0 saturated carbocycles. The summed E-state index contributed by atoms with van der Waals surface area (Å²) in [6.45, 7) is 1.56. The van der Waals surface area contributed by atoms with Gasteiger partial charge in [0.1, 0.15) is 5.75 Å². The fraction of sp³-hybridized carbons (Fsp3) is 0.182. The summed E-state index contributed by atoms with van der Waals surface area (Å²) in [4.78, 5) is 24.5. The molecule has 1 unspecified atom stereocenters. The van der Waals surface area contributed by atoms with E-state index in [1.165, 1.54) is 0 Å². The van der Waals surface area contributed by atoms with Gasteiger partial charge in [-0.05, 0) is 47.5 Å². The first kappa shape index (κ1) is 18.5. The molecule has 0 spiro atoms. The predicted molar refractivity (Wildman–Crippen MR) is 105 cm³/mol. The van der Waals surface area contributed by atoms with Crippen LogP contribution in [0.2, 0.25) is 0 Å². The van der Waals surface area contributed by atoms with Crippen LogP contribution >= 0.6 is 0 Å². The second kappa shape index (κ2) is 8.36. The Balaban J connectivity index is 1.60. The average molecular weight is 363 g/mol. The summed E-state index contributed by atoms with van der Waals surface area (Å²) in [5.74, 6) is -0.127. The summed E-state index contributed by atoms with van der Waals surface area (Å²) < 4.78 is 10.4. The Morgan fingerprint density at radius 2 is 1.67 bits per heavy atom. The van der Waals surface area contributed by atoms with E-state index in [-0.39, 0.29) is 12.3 Å². The molecule has 0 bridgehead atoms. The maximum atomic E-state index is 12.3. The molecule has 1 N–H and O–H groups in total.